The third-order valence-corrected chi connectivity index (χ3v) is 6.05. The van der Waals surface area contributed by atoms with Crippen LogP contribution in [0.25, 0.3) is 0 Å². The van der Waals surface area contributed by atoms with Gasteiger partial charge in [0.2, 0.25) is 0 Å². The fraction of sp³-hybridized carbons (Fsp3) is 0.136. The number of sulfonamides is 1. The molecule has 2 N–H and O–H groups in total. The fourth-order valence-electron chi connectivity index (χ4n) is 2.62. The minimum Gasteiger partial charge on any atom is -0.497 e. The Labute approximate surface area is 186 Å². The molecule has 0 heterocycles. The van der Waals surface area contributed by atoms with E-state index < -0.39 is 10.0 Å². The van der Waals surface area contributed by atoms with E-state index in [1.165, 1.54) is 31.4 Å². The molecule has 0 aliphatic heterocycles. The highest BCUT2D eigenvalue weighted by Gasteiger charge is 2.14. The van der Waals surface area contributed by atoms with Crippen LogP contribution in [0.5, 0.6) is 11.5 Å². The van der Waals surface area contributed by atoms with Gasteiger partial charge in [-0.2, -0.15) is 0 Å². The third-order valence-electron chi connectivity index (χ3n) is 4.28. The number of hydrogen-bond acceptors (Lipinski definition) is 5. The van der Waals surface area contributed by atoms with Gasteiger partial charge in [-0.25, -0.2) is 8.42 Å². The summed E-state index contributed by atoms with van der Waals surface area (Å²) in [7, 11) is -2.23. The molecule has 1 amide bonds. The van der Waals surface area contributed by atoms with E-state index in [1.54, 1.807) is 30.3 Å². The van der Waals surface area contributed by atoms with Crippen molar-refractivity contribution in [2.45, 2.75) is 11.4 Å². The predicted molar refractivity (Wildman–Crippen MR) is 119 cm³/mol. The molecule has 0 bridgehead atoms. The molecule has 0 aromatic heterocycles. The molecular weight excluding hydrogens is 440 g/mol. The summed E-state index contributed by atoms with van der Waals surface area (Å²) in [5.41, 5.74) is 1.22. The zero-order valence-electron chi connectivity index (χ0n) is 16.7. The predicted octanol–water partition coefficient (Wildman–Crippen LogP) is 3.84. The van der Waals surface area contributed by atoms with Gasteiger partial charge in [-0.3, -0.25) is 9.52 Å². The topological polar surface area (TPSA) is 93.7 Å². The van der Waals surface area contributed by atoms with E-state index in [0.717, 1.165) is 5.56 Å². The van der Waals surface area contributed by atoms with Gasteiger partial charge < -0.3 is 14.8 Å². The van der Waals surface area contributed by atoms with E-state index in [0.29, 0.717) is 22.2 Å². The summed E-state index contributed by atoms with van der Waals surface area (Å²) in [6.45, 7) is 0.0801. The van der Waals surface area contributed by atoms with Crippen LogP contribution >= 0.6 is 11.6 Å². The second kappa shape index (κ2) is 10.2. The highest BCUT2D eigenvalue weighted by atomic mass is 35.5. The first-order valence-corrected chi connectivity index (χ1v) is 11.1. The molecule has 7 nitrogen and oxygen atoms in total. The van der Waals surface area contributed by atoms with Crippen molar-refractivity contribution >= 4 is 33.2 Å². The van der Waals surface area contributed by atoms with Crippen LogP contribution in [0.2, 0.25) is 5.02 Å². The zero-order valence-corrected chi connectivity index (χ0v) is 18.2. The first-order chi connectivity index (χ1) is 14.9. The molecule has 3 aromatic carbocycles. The molecule has 0 radical (unpaired) electrons. The van der Waals surface area contributed by atoms with Gasteiger partial charge in [-0.1, -0.05) is 29.8 Å². The number of halogens is 1. The normalized spacial score (nSPS) is 10.9. The Bertz CT molecular complexity index is 1130. The molecule has 0 spiro atoms. The molecule has 0 saturated carbocycles. The molecule has 9 heteroatoms. The summed E-state index contributed by atoms with van der Waals surface area (Å²) in [6.07, 6.45) is 0. The van der Waals surface area contributed by atoms with Crippen molar-refractivity contribution < 1.29 is 22.7 Å². The van der Waals surface area contributed by atoms with Crippen LogP contribution in [-0.4, -0.2) is 28.0 Å². The number of ether oxygens (including phenoxy) is 2. The Morgan fingerprint density at radius 2 is 1.58 bits per heavy atom. The molecular formula is C22H21ClN2O5S. The smallest absolute Gasteiger partial charge is 0.261 e. The number of methoxy groups -OCH3 is 1. The minimum atomic E-state index is -3.76. The van der Waals surface area contributed by atoms with Crippen LogP contribution in [0.3, 0.4) is 0 Å². The second-order valence-corrected chi connectivity index (χ2v) is 8.55. The zero-order chi connectivity index (χ0) is 22.3. The van der Waals surface area contributed by atoms with E-state index in [1.807, 2.05) is 18.2 Å². The average Bonchev–Trinajstić information content (AvgIpc) is 2.77. The monoisotopic (exact) mass is 460 g/mol. The van der Waals surface area contributed by atoms with E-state index in [-0.39, 0.29) is 24.0 Å². The quantitative estimate of drug-likeness (QED) is 0.506. The van der Waals surface area contributed by atoms with Crippen molar-refractivity contribution in [3.05, 3.63) is 83.4 Å². The van der Waals surface area contributed by atoms with Gasteiger partial charge in [0.05, 0.1) is 12.0 Å². The number of nitrogens with one attached hydrogen (secondary N) is 2. The lowest BCUT2D eigenvalue weighted by molar-refractivity contribution is -0.123. The molecule has 0 aliphatic carbocycles. The summed E-state index contributed by atoms with van der Waals surface area (Å²) in [6, 6.07) is 19.5. The molecule has 31 heavy (non-hydrogen) atoms. The Balaban J connectivity index is 1.53. The van der Waals surface area contributed by atoms with Gasteiger partial charge in [0.15, 0.2) is 6.61 Å². The number of carbonyl (C=O) groups is 1. The number of anilines is 1. The largest absolute Gasteiger partial charge is 0.497 e. The van der Waals surface area contributed by atoms with Gasteiger partial charge in [0, 0.05) is 17.3 Å². The summed E-state index contributed by atoms with van der Waals surface area (Å²) in [5, 5.41) is 3.29. The number of rotatable bonds is 9. The van der Waals surface area contributed by atoms with Crippen molar-refractivity contribution in [2.24, 2.45) is 0 Å². The van der Waals surface area contributed by atoms with E-state index in [2.05, 4.69) is 10.0 Å². The average molecular weight is 461 g/mol. The van der Waals surface area contributed by atoms with E-state index >= 15 is 0 Å². The number of amides is 1. The molecule has 0 fully saturated rings. The maximum Gasteiger partial charge on any atom is 0.261 e. The molecule has 162 valence electrons. The minimum absolute atomic E-state index is 0.0684. The Morgan fingerprint density at radius 1 is 0.935 bits per heavy atom. The lowest BCUT2D eigenvalue weighted by Crippen LogP contribution is -2.28. The van der Waals surface area contributed by atoms with Crippen molar-refractivity contribution in [3.8, 4) is 11.5 Å². The van der Waals surface area contributed by atoms with Gasteiger partial charge in [-0.05, 0) is 60.2 Å². The highest BCUT2D eigenvalue weighted by molar-refractivity contribution is 7.92. The van der Waals surface area contributed by atoms with Crippen molar-refractivity contribution in [1.82, 2.24) is 5.32 Å². The maximum atomic E-state index is 12.5. The van der Waals surface area contributed by atoms with Gasteiger partial charge in [-0.15, -0.1) is 0 Å². The number of benzene rings is 3. The van der Waals surface area contributed by atoms with Crippen LogP contribution in [-0.2, 0) is 21.4 Å². The van der Waals surface area contributed by atoms with Crippen molar-refractivity contribution in [1.29, 1.82) is 0 Å². The number of carbonyl (C=O) groups excluding carboxylic acids is 1. The maximum absolute atomic E-state index is 12.5. The van der Waals surface area contributed by atoms with Gasteiger partial charge >= 0.3 is 0 Å². The van der Waals surface area contributed by atoms with Gasteiger partial charge in [0.1, 0.15) is 11.5 Å². The summed E-state index contributed by atoms with van der Waals surface area (Å²) >= 11 is 6.05. The van der Waals surface area contributed by atoms with E-state index in [9.17, 15) is 13.2 Å². The first-order valence-electron chi connectivity index (χ1n) is 9.27. The number of hydrogen-bond donors (Lipinski definition) is 2. The molecule has 3 aromatic rings. The summed E-state index contributed by atoms with van der Waals surface area (Å²) in [4.78, 5) is 12.1. The Kier molecular flexibility index (Phi) is 7.38. The summed E-state index contributed by atoms with van der Waals surface area (Å²) < 4.78 is 38.0. The molecule has 0 saturated heterocycles. The lowest BCUT2D eigenvalue weighted by Gasteiger charge is -2.11. The van der Waals surface area contributed by atoms with Crippen LogP contribution in [0.15, 0.2) is 77.7 Å². The van der Waals surface area contributed by atoms with Crippen LogP contribution < -0.4 is 19.5 Å². The lowest BCUT2D eigenvalue weighted by atomic mass is 10.2. The van der Waals surface area contributed by atoms with E-state index in [4.69, 9.17) is 21.1 Å². The summed E-state index contributed by atoms with van der Waals surface area (Å²) in [5.74, 6) is 0.675. The van der Waals surface area contributed by atoms with Crippen LogP contribution in [0, 0.1) is 0 Å². The SMILES string of the molecule is COc1ccc(NS(=O)(=O)c2ccc(OCC(=O)NCc3ccccc3Cl)cc2)cc1. The van der Waals surface area contributed by atoms with Gasteiger partial charge in [0.25, 0.3) is 15.9 Å². The molecule has 0 unspecified atom stereocenters. The van der Waals surface area contributed by atoms with Crippen LogP contribution in [0.1, 0.15) is 5.56 Å². The highest BCUT2D eigenvalue weighted by Crippen LogP contribution is 2.21. The Morgan fingerprint density at radius 3 is 2.23 bits per heavy atom. The van der Waals surface area contributed by atoms with Crippen molar-refractivity contribution in [2.75, 3.05) is 18.4 Å². The molecule has 0 aliphatic rings. The Hall–Kier alpha value is -3.23. The fourth-order valence-corrected chi connectivity index (χ4v) is 3.88. The molecule has 0 atom stereocenters. The van der Waals surface area contributed by atoms with Crippen LogP contribution in [0.4, 0.5) is 5.69 Å². The standard InChI is InChI=1S/C22H21ClN2O5S/c1-29-18-8-6-17(7-9-18)25-31(27,28)20-12-10-19(11-13-20)30-15-22(26)24-14-16-4-2-3-5-21(16)23/h2-13,25H,14-15H2,1H3,(H,24,26). The first kappa shape index (κ1) is 22.5. The van der Waals surface area contributed by atoms with Crippen molar-refractivity contribution in [3.63, 3.8) is 0 Å². The second-order valence-electron chi connectivity index (χ2n) is 6.46. The molecule has 3 rings (SSSR count). The third kappa shape index (κ3) is 6.37.